The number of aliphatic imine (C=N–C) groups is 1. The first-order chi connectivity index (χ1) is 15.3. The number of nitrogens with one attached hydrogen (secondary N) is 2. The van der Waals surface area contributed by atoms with Crippen molar-refractivity contribution in [2.24, 2.45) is 4.99 Å². The average Bonchev–Trinajstić information content (AvgIpc) is 2.86. The number of hydrogen-bond donors (Lipinski definition) is 2. The molecule has 0 fully saturated rings. The molecular formula is C22H16BrCl2N5OS. The lowest BCUT2D eigenvalue weighted by Gasteiger charge is -2.21. The third-order valence-electron chi connectivity index (χ3n) is 4.76. The zero-order valence-corrected chi connectivity index (χ0v) is 20.6. The van der Waals surface area contributed by atoms with Crippen LogP contribution in [0.2, 0.25) is 10.0 Å². The molecule has 3 aromatic rings. The van der Waals surface area contributed by atoms with Gasteiger partial charge in [0, 0.05) is 38.9 Å². The molecule has 0 bridgehead atoms. The van der Waals surface area contributed by atoms with Gasteiger partial charge < -0.3 is 15.5 Å². The molecule has 2 aromatic carbocycles. The Morgan fingerprint density at radius 1 is 1.12 bits per heavy atom. The number of pyridine rings is 1. The summed E-state index contributed by atoms with van der Waals surface area (Å²) in [7, 11) is 1.68. The van der Waals surface area contributed by atoms with Crippen molar-refractivity contribution in [3.05, 3.63) is 86.4 Å². The summed E-state index contributed by atoms with van der Waals surface area (Å²) < 4.78 is 0.841. The van der Waals surface area contributed by atoms with E-state index in [4.69, 9.17) is 40.4 Å². The third kappa shape index (κ3) is 4.78. The Kier molecular flexibility index (Phi) is 6.76. The van der Waals surface area contributed by atoms with Crippen molar-refractivity contribution in [1.82, 2.24) is 10.3 Å². The topological polar surface area (TPSA) is 69.6 Å². The second-order valence-corrected chi connectivity index (χ2v) is 9.05. The van der Waals surface area contributed by atoms with Crippen molar-refractivity contribution < 1.29 is 4.79 Å². The smallest absolute Gasteiger partial charge is 0.272 e. The number of hydrogen-bond acceptors (Lipinski definition) is 4. The molecule has 162 valence electrons. The molecule has 2 N–H and O–H groups in total. The Morgan fingerprint density at radius 3 is 2.62 bits per heavy atom. The van der Waals surface area contributed by atoms with Crippen LogP contribution in [0.5, 0.6) is 0 Å². The molecule has 4 rings (SSSR count). The summed E-state index contributed by atoms with van der Waals surface area (Å²) in [6, 6.07) is 16.2. The summed E-state index contributed by atoms with van der Waals surface area (Å²) in [5.74, 6) is 0.244. The molecule has 0 spiro atoms. The van der Waals surface area contributed by atoms with Crippen LogP contribution in [-0.4, -0.2) is 34.9 Å². The molecule has 0 saturated heterocycles. The fourth-order valence-electron chi connectivity index (χ4n) is 3.23. The summed E-state index contributed by atoms with van der Waals surface area (Å²) in [6.07, 6.45) is 0.650. The Hall–Kier alpha value is -2.52. The molecule has 0 aliphatic carbocycles. The lowest BCUT2D eigenvalue weighted by molar-refractivity contribution is -0.119. The van der Waals surface area contributed by atoms with Gasteiger partial charge >= 0.3 is 0 Å². The summed E-state index contributed by atoms with van der Waals surface area (Å²) >= 11 is 21.5. The number of thiocarbonyl (C=S) groups is 1. The maximum atomic E-state index is 13.3. The van der Waals surface area contributed by atoms with Gasteiger partial charge in [-0.25, -0.2) is 9.98 Å². The first-order valence-corrected chi connectivity index (χ1v) is 11.4. The lowest BCUT2D eigenvalue weighted by Crippen LogP contribution is -2.47. The van der Waals surface area contributed by atoms with Gasteiger partial charge in [0.25, 0.3) is 5.91 Å². The number of anilines is 2. The first-order valence-electron chi connectivity index (χ1n) is 9.43. The standard InChI is InChI=1S/C22H16BrCl2N5OS/c1-30-17-8-7-13(24)10-15(17)19(14-4-2-3-5-16(14)25)28-20(21(30)31)29-22(32)27-18-9-6-12(23)11-26-18/h2-11,20H,1H3,(H2,26,27,29,32). The maximum absolute atomic E-state index is 13.3. The van der Waals surface area contributed by atoms with E-state index in [2.05, 4.69) is 31.5 Å². The van der Waals surface area contributed by atoms with Gasteiger partial charge in [-0.15, -0.1) is 0 Å². The van der Waals surface area contributed by atoms with Crippen molar-refractivity contribution in [1.29, 1.82) is 0 Å². The predicted octanol–water partition coefficient (Wildman–Crippen LogP) is 5.28. The van der Waals surface area contributed by atoms with Crippen LogP contribution in [0.3, 0.4) is 0 Å². The molecule has 1 unspecified atom stereocenters. The van der Waals surface area contributed by atoms with Crippen LogP contribution in [0.15, 0.2) is 70.3 Å². The van der Waals surface area contributed by atoms with E-state index >= 15 is 0 Å². The van der Waals surface area contributed by atoms with Crippen LogP contribution in [0.25, 0.3) is 0 Å². The average molecular weight is 549 g/mol. The molecule has 10 heteroatoms. The van der Waals surface area contributed by atoms with Crippen LogP contribution in [0.4, 0.5) is 11.5 Å². The first kappa shape index (κ1) is 22.7. The van der Waals surface area contributed by atoms with E-state index in [9.17, 15) is 4.79 Å². The van der Waals surface area contributed by atoms with Crippen molar-refractivity contribution in [3.63, 3.8) is 0 Å². The number of benzodiazepines with no additional fused rings is 1. The molecule has 1 aliphatic rings. The number of amides is 1. The fourth-order valence-corrected chi connectivity index (χ4v) is 4.08. The van der Waals surface area contributed by atoms with E-state index in [0.717, 1.165) is 4.47 Å². The monoisotopic (exact) mass is 547 g/mol. The minimum absolute atomic E-state index is 0.206. The fraction of sp³-hybridized carbons (Fsp3) is 0.0909. The van der Waals surface area contributed by atoms with Gasteiger partial charge in [-0.05, 0) is 64.5 Å². The Morgan fingerprint density at radius 2 is 1.91 bits per heavy atom. The highest BCUT2D eigenvalue weighted by atomic mass is 79.9. The van der Waals surface area contributed by atoms with Gasteiger partial charge in [0.15, 0.2) is 5.11 Å². The highest BCUT2D eigenvalue weighted by molar-refractivity contribution is 9.10. The number of nitrogens with zero attached hydrogens (tertiary/aromatic N) is 3. The Bertz CT molecular complexity index is 1240. The lowest BCUT2D eigenvalue weighted by atomic mass is 10.00. The zero-order chi connectivity index (χ0) is 22.8. The van der Waals surface area contributed by atoms with Crippen LogP contribution < -0.4 is 15.5 Å². The number of benzene rings is 2. The van der Waals surface area contributed by atoms with Crippen molar-refractivity contribution in [3.8, 4) is 0 Å². The molecule has 1 atom stereocenters. The molecule has 32 heavy (non-hydrogen) atoms. The summed E-state index contributed by atoms with van der Waals surface area (Å²) in [4.78, 5) is 23.8. The van der Waals surface area contributed by atoms with E-state index in [1.54, 1.807) is 43.6 Å². The van der Waals surface area contributed by atoms with Crippen LogP contribution in [-0.2, 0) is 4.79 Å². The predicted molar refractivity (Wildman–Crippen MR) is 137 cm³/mol. The largest absolute Gasteiger partial charge is 0.333 e. The zero-order valence-electron chi connectivity index (χ0n) is 16.6. The summed E-state index contributed by atoms with van der Waals surface area (Å²) in [6.45, 7) is 0. The minimum atomic E-state index is -0.993. The number of rotatable bonds is 3. The molecule has 1 amide bonds. The van der Waals surface area contributed by atoms with Gasteiger partial charge in [-0.1, -0.05) is 41.4 Å². The SMILES string of the molecule is CN1C(=O)C(NC(=S)Nc2ccc(Br)cn2)N=C(c2ccccc2Cl)c2cc(Cl)ccc21. The van der Waals surface area contributed by atoms with Gasteiger partial charge in [0.2, 0.25) is 6.17 Å². The number of likely N-dealkylation sites (N-methyl/N-ethyl adjacent to an activating group) is 1. The van der Waals surface area contributed by atoms with Crippen molar-refractivity contribution >= 4 is 79.6 Å². The highest BCUT2D eigenvalue weighted by Gasteiger charge is 2.31. The Labute approximate surface area is 208 Å². The number of fused-ring (bicyclic) bond motifs is 1. The molecular weight excluding hydrogens is 533 g/mol. The molecule has 0 saturated carbocycles. The van der Waals surface area contributed by atoms with E-state index in [-0.39, 0.29) is 11.0 Å². The highest BCUT2D eigenvalue weighted by Crippen LogP contribution is 2.31. The molecule has 1 aromatic heterocycles. The molecule has 0 radical (unpaired) electrons. The van der Waals surface area contributed by atoms with Crippen molar-refractivity contribution in [2.45, 2.75) is 6.17 Å². The van der Waals surface area contributed by atoms with Crippen molar-refractivity contribution in [2.75, 3.05) is 17.3 Å². The normalized spacial score (nSPS) is 15.5. The van der Waals surface area contributed by atoms with Gasteiger partial charge in [-0.2, -0.15) is 0 Å². The van der Waals surface area contributed by atoms with E-state index in [1.807, 2.05) is 24.3 Å². The van der Waals surface area contributed by atoms with Crippen LogP contribution in [0.1, 0.15) is 11.1 Å². The number of carbonyl (C=O) groups excluding carboxylic acids is 1. The molecule has 6 nitrogen and oxygen atoms in total. The third-order valence-corrected chi connectivity index (χ3v) is 6.02. The van der Waals surface area contributed by atoms with Gasteiger partial charge in [0.05, 0.1) is 11.4 Å². The van der Waals surface area contributed by atoms with E-state index in [1.165, 1.54) is 4.90 Å². The van der Waals surface area contributed by atoms with E-state index < -0.39 is 6.17 Å². The number of aromatic nitrogens is 1. The second kappa shape index (κ2) is 9.54. The minimum Gasteiger partial charge on any atom is -0.333 e. The maximum Gasteiger partial charge on any atom is 0.272 e. The summed E-state index contributed by atoms with van der Waals surface area (Å²) in [5, 5.41) is 7.19. The number of halogens is 3. The van der Waals surface area contributed by atoms with Crippen LogP contribution >= 0.6 is 51.3 Å². The Balaban J connectivity index is 1.74. The van der Waals surface area contributed by atoms with Crippen LogP contribution in [0, 0.1) is 0 Å². The second-order valence-electron chi connectivity index (χ2n) is 6.88. The van der Waals surface area contributed by atoms with E-state index in [0.29, 0.717) is 38.4 Å². The molecule has 1 aliphatic heterocycles. The number of carbonyl (C=O) groups is 1. The van der Waals surface area contributed by atoms with Gasteiger partial charge in [-0.3, -0.25) is 4.79 Å². The molecule has 2 heterocycles. The summed E-state index contributed by atoms with van der Waals surface area (Å²) in [5.41, 5.74) is 2.57. The quantitative estimate of drug-likeness (QED) is 0.436. The van der Waals surface area contributed by atoms with Gasteiger partial charge in [0.1, 0.15) is 5.82 Å².